The maximum absolute atomic E-state index is 6.07. The summed E-state index contributed by atoms with van der Waals surface area (Å²) in [6.45, 7) is 4.81. The van der Waals surface area contributed by atoms with E-state index in [9.17, 15) is 0 Å². The number of nitrogens with zero attached hydrogens (tertiary/aromatic N) is 3. The Hall–Kier alpha value is -1.82. The molecule has 3 heterocycles. The summed E-state index contributed by atoms with van der Waals surface area (Å²) in [6.07, 6.45) is 5.30. The van der Waals surface area contributed by atoms with Crippen LogP contribution in [0.5, 0.6) is 11.9 Å². The zero-order valence-electron chi connectivity index (χ0n) is 13.5. The van der Waals surface area contributed by atoms with Crippen LogP contribution in [0.4, 0.5) is 5.82 Å². The van der Waals surface area contributed by atoms with Crippen LogP contribution in [0, 0.1) is 0 Å². The second-order valence-corrected chi connectivity index (χ2v) is 5.90. The molecular formula is C16H23N3O3. The summed E-state index contributed by atoms with van der Waals surface area (Å²) in [5, 5.41) is 0. The molecule has 2 aliphatic rings. The molecule has 0 unspecified atom stereocenters. The van der Waals surface area contributed by atoms with Crippen LogP contribution >= 0.6 is 0 Å². The largest absolute Gasteiger partial charge is 0.481 e. The summed E-state index contributed by atoms with van der Waals surface area (Å²) in [4.78, 5) is 10.8. The van der Waals surface area contributed by atoms with Crippen LogP contribution in [0.2, 0.25) is 0 Å². The maximum Gasteiger partial charge on any atom is 0.321 e. The van der Waals surface area contributed by atoms with Crippen LogP contribution in [-0.2, 0) is 4.74 Å². The van der Waals surface area contributed by atoms with E-state index in [1.165, 1.54) is 5.57 Å². The summed E-state index contributed by atoms with van der Waals surface area (Å²) in [6, 6.07) is 2.18. The summed E-state index contributed by atoms with van der Waals surface area (Å²) < 4.78 is 16.4. The van der Waals surface area contributed by atoms with Gasteiger partial charge in [-0.25, -0.2) is 0 Å². The summed E-state index contributed by atoms with van der Waals surface area (Å²) in [5.74, 6) is 1.36. The van der Waals surface area contributed by atoms with Gasteiger partial charge in [0.25, 0.3) is 0 Å². The standard InChI is InChI=1S/C16H23N3O3/c1-12-4-9-22-16(11-12)5-7-19(8-6-16)13-10-14(20-2)18-15(17-13)21-3/h10-11H,4-9H2,1-3H3. The van der Waals surface area contributed by atoms with Crippen molar-refractivity contribution in [1.82, 2.24) is 9.97 Å². The van der Waals surface area contributed by atoms with Crippen LogP contribution in [0.25, 0.3) is 0 Å². The number of ether oxygens (including phenoxy) is 3. The minimum atomic E-state index is -0.0833. The van der Waals surface area contributed by atoms with Crippen molar-refractivity contribution in [2.24, 2.45) is 0 Å². The van der Waals surface area contributed by atoms with Gasteiger partial charge in [-0.2, -0.15) is 9.97 Å². The van der Waals surface area contributed by atoms with E-state index < -0.39 is 0 Å². The zero-order valence-corrected chi connectivity index (χ0v) is 13.5. The van der Waals surface area contributed by atoms with Crippen LogP contribution in [0.3, 0.4) is 0 Å². The van der Waals surface area contributed by atoms with E-state index in [1.54, 1.807) is 14.2 Å². The number of hydrogen-bond donors (Lipinski definition) is 0. The lowest BCUT2D eigenvalue weighted by Crippen LogP contribution is -2.46. The average molecular weight is 305 g/mol. The van der Waals surface area contributed by atoms with E-state index in [2.05, 4.69) is 27.9 Å². The highest BCUT2D eigenvalue weighted by atomic mass is 16.5. The van der Waals surface area contributed by atoms with Gasteiger partial charge in [0, 0.05) is 19.2 Å². The highest BCUT2D eigenvalue weighted by Gasteiger charge is 2.36. The molecule has 1 aromatic heterocycles. The molecule has 22 heavy (non-hydrogen) atoms. The van der Waals surface area contributed by atoms with Crippen molar-refractivity contribution in [3.05, 3.63) is 17.7 Å². The molecule has 6 heteroatoms. The number of anilines is 1. The van der Waals surface area contributed by atoms with Crippen molar-refractivity contribution in [3.8, 4) is 11.9 Å². The van der Waals surface area contributed by atoms with E-state index in [1.807, 2.05) is 6.07 Å². The van der Waals surface area contributed by atoms with Gasteiger partial charge in [-0.3, -0.25) is 0 Å². The van der Waals surface area contributed by atoms with Gasteiger partial charge >= 0.3 is 6.01 Å². The monoisotopic (exact) mass is 305 g/mol. The quantitative estimate of drug-likeness (QED) is 0.798. The zero-order chi connectivity index (χ0) is 15.6. The van der Waals surface area contributed by atoms with E-state index >= 15 is 0 Å². The summed E-state index contributed by atoms with van der Waals surface area (Å²) in [5.41, 5.74) is 1.35. The average Bonchev–Trinajstić information content (AvgIpc) is 2.55. The number of piperidine rings is 1. The van der Waals surface area contributed by atoms with Crippen LogP contribution < -0.4 is 14.4 Å². The Kier molecular flexibility index (Phi) is 4.20. The minimum absolute atomic E-state index is 0.0833. The van der Waals surface area contributed by atoms with Crippen LogP contribution in [-0.4, -0.2) is 49.5 Å². The van der Waals surface area contributed by atoms with Crippen LogP contribution in [0.15, 0.2) is 17.7 Å². The van der Waals surface area contributed by atoms with Crippen molar-refractivity contribution >= 4 is 5.82 Å². The molecule has 120 valence electrons. The predicted molar refractivity (Wildman–Crippen MR) is 83.6 cm³/mol. The lowest BCUT2D eigenvalue weighted by Gasteiger charge is -2.42. The fourth-order valence-corrected chi connectivity index (χ4v) is 3.13. The molecule has 0 aliphatic carbocycles. The lowest BCUT2D eigenvalue weighted by atomic mass is 9.87. The Morgan fingerprint density at radius 2 is 1.95 bits per heavy atom. The van der Waals surface area contributed by atoms with Crippen molar-refractivity contribution in [1.29, 1.82) is 0 Å². The molecule has 0 bridgehead atoms. The van der Waals surface area contributed by atoms with Gasteiger partial charge in [-0.15, -0.1) is 0 Å². The van der Waals surface area contributed by atoms with Crippen molar-refractivity contribution < 1.29 is 14.2 Å². The molecule has 0 aromatic carbocycles. The van der Waals surface area contributed by atoms with Crippen molar-refractivity contribution in [3.63, 3.8) is 0 Å². The third-order valence-electron chi connectivity index (χ3n) is 4.39. The Balaban J connectivity index is 1.75. The second kappa shape index (κ2) is 6.12. The van der Waals surface area contributed by atoms with Gasteiger partial charge in [-0.1, -0.05) is 11.6 Å². The smallest absolute Gasteiger partial charge is 0.321 e. The molecular weight excluding hydrogens is 282 g/mol. The normalized spacial score (nSPS) is 20.7. The lowest BCUT2D eigenvalue weighted by molar-refractivity contribution is -0.0326. The fraction of sp³-hybridized carbons (Fsp3) is 0.625. The molecule has 1 aromatic rings. The van der Waals surface area contributed by atoms with Gasteiger partial charge in [0.1, 0.15) is 5.82 Å². The molecule has 6 nitrogen and oxygen atoms in total. The highest BCUT2D eigenvalue weighted by molar-refractivity contribution is 5.44. The first-order valence-electron chi connectivity index (χ1n) is 7.68. The molecule has 0 N–H and O–H groups in total. The molecule has 1 spiro atoms. The minimum Gasteiger partial charge on any atom is -0.481 e. The van der Waals surface area contributed by atoms with Crippen molar-refractivity contribution in [2.45, 2.75) is 31.8 Å². The van der Waals surface area contributed by atoms with Gasteiger partial charge in [0.2, 0.25) is 5.88 Å². The summed E-state index contributed by atoms with van der Waals surface area (Å²) >= 11 is 0. The Labute approximate surface area is 131 Å². The highest BCUT2D eigenvalue weighted by Crippen LogP contribution is 2.34. The molecule has 0 atom stereocenters. The Morgan fingerprint density at radius 1 is 1.18 bits per heavy atom. The number of aromatic nitrogens is 2. The van der Waals surface area contributed by atoms with Crippen molar-refractivity contribution in [2.75, 3.05) is 38.8 Å². The third-order valence-corrected chi connectivity index (χ3v) is 4.39. The second-order valence-electron chi connectivity index (χ2n) is 5.90. The number of methoxy groups -OCH3 is 2. The van der Waals surface area contributed by atoms with Gasteiger partial charge in [0.15, 0.2) is 0 Å². The number of rotatable bonds is 3. The SMILES string of the molecule is COc1cc(N2CCC3(C=C(C)CCO3)CC2)nc(OC)n1. The predicted octanol–water partition coefficient (Wildman–Crippen LogP) is 2.20. The topological polar surface area (TPSA) is 56.7 Å². The van der Waals surface area contributed by atoms with Gasteiger partial charge in [0.05, 0.1) is 26.4 Å². The molecule has 3 rings (SSSR count). The van der Waals surface area contributed by atoms with E-state index in [-0.39, 0.29) is 5.60 Å². The van der Waals surface area contributed by atoms with E-state index in [4.69, 9.17) is 14.2 Å². The fourth-order valence-electron chi connectivity index (χ4n) is 3.13. The van der Waals surface area contributed by atoms with Crippen LogP contribution in [0.1, 0.15) is 26.2 Å². The molecule has 1 fully saturated rings. The molecule has 0 radical (unpaired) electrons. The maximum atomic E-state index is 6.07. The van der Waals surface area contributed by atoms with Gasteiger partial charge < -0.3 is 19.1 Å². The molecule has 2 aliphatic heterocycles. The summed E-state index contributed by atoms with van der Waals surface area (Å²) in [7, 11) is 3.16. The number of hydrogen-bond acceptors (Lipinski definition) is 6. The molecule has 0 saturated carbocycles. The van der Waals surface area contributed by atoms with E-state index in [0.717, 1.165) is 44.8 Å². The first-order chi connectivity index (χ1) is 10.6. The molecule has 0 amide bonds. The first-order valence-corrected chi connectivity index (χ1v) is 7.68. The van der Waals surface area contributed by atoms with Gasteiger partial charge in [-0.05, 0) is 26.2 Å². The van der Waals surface area contributed by atoms with E-state index in [0.29, 0.717) is 11.9 Å². The first kappa shape index (κ1) is 15.1. The Morgan fingerprint density at radius 3 is 2.59 bits per heavy atom. The Bertz CT molecular complexity index is 544. The molecule has 1 saturated heterocycles. The third kappa shape index (κ3) is 3.02.